The van der Waals surface area contributed by atoms with Crippen molar-refractivity contribution in [1.29, 1.82) is 0 Å². The number of benzene rings is 3. The first-order chi connectivity index (χ1) is 11.6. The number of nitro benzene ring substituents is 1. The van der Waals surface area contributed by atoms with Gasteiger partial charge in [-0.2, -0.15) is 5.10 Å². The Labute approximate surface area is 138 Å². The zero-order valence-corrected chi connectivity index (χ0v) is 12.9. The monoisotopic (exact) mass is 321 g/mol. The lowest BCUT2D eigenvalue weighted by Gasteiger charge is -2.08. The van der Waals surface area contributed by atoms with E-state index >= 15 is 0 Å². The molecule has 0 saturated heterocycles. The average Bonchev–Trinajstić information content (AvgIpc) is 2.60. The maximum atomic E-state index is 10.8. The summed E-state index contributed by atoms with van der Waals surface area (Å²) in [5.41, 5.74) is 4.45. The number of hydrazone groups is 1. The molecule has 3 rings (SSSR count). The highest BCUT2D eigenvalue weighted by Crippen LogP contribution is 2.29. The highest BCUT2D eigenvalue weighted by atomic mass is 16.6. The minimum Gasteiger partial charge on any atom is -0.507 e. The summed E-state index contributed by atoms with van der Waals surface area (Å²) in [6.07, 6.45) is 0. The molecule has 24 heavy (non-hydrogen) atoms. The van der Waals surface area contributed by atoms with Gasteiger partial charge in [0.1, 0.15) is 5.75 Å². The number of anilines is 1. The predicted octanol–water partition coefficient (Wildman–Crippen LogP) is 4.29. The highest BCUT2D eigenvalue weighted by molar-refractivity contribution is 6.06. The third-order valence-corrected chi connectivity index (χ3v) is 3.70. The number of aromatic hydroxyl groups is 1. The van der Waals surface area contributed by atoms with Crippen LogP contribution in [-0.2, 0) is 0 Å². The molecule has 6 nitrogen and oxygen atoms in total. The SMILES string of the molecule is C/C(=N\Nc1cccc([N+](=O)[O-])c1)c1ccc2ccccc2c1O. The second-order valence-corrected chi connectivity index (χ2v) is 5.30. The van der Waals surface area contributed by atoms with Gasteiger partial charge in [0, 0.05) is 23.1 Å². The summed E-state index contributed by atoms with van der Waals surface area (Å²) in [7, 11) is 0. The Morgan fingerprint density at radius 2 is 1.92 bits per heavy atom. The van der Waals surface area contributed by atoms with Gasteiger partial charge in [-0.15, -0.1) is 0 Å². The zero-order chi connectivity index (χ0) is 17.1. The predicted molar refractivity (Wildman–Crippen MR) is 94.5 cm³/mol. The molecule has 0 amide bonds. The molecule has 2 N–H and O–H groups in total. The van der Waals surface area contributed by atoms with E-state index in [4.69, 9.17) is 0 Å². The fourth-order valence-corrected chi connectivity index (χ4v) is 2.44. The van der Waals surface area contributed by atoms with Crippen molar-refractivity contribution in [2.24, 2.45) is 5.10 Å². The van der Waals surface area contributed by atoms with Crippen molar-refractivity contribution in [2.45, 2.75) is 6.92 Å². The Morgan fingerprint density at radius 1 is 1.12 bits per heavy atom. The lowest BCUT2D eigenvalue weighted by atomic mass is 10.0. The van der Waals surface area contributed by atoms with Gasteiger partial charge in [-0.1, -0.05) is 36.4 Å². The van der Waals surface area contributed by atoms with Gasteiger partial charge < -0.3 is 5.11 Å². The first-order valence-electron chi connectivity index (χ1n) is 7.32. The maximum absolute atomic E-state index is 10.8. The molecule has 0 aliphatic heterocycles. The summed E-state index contributed by atoms with van der Waals surface area (Å²) in [5, 5.41) is 27.1. The smallest absolute Gasteiger partial charge is 0.271 e. The van der Waals surface area contributed by atoms with Crippen molar-refractivity contribution in [3.05, 3.63) is 76.3 Å². The number of nitro groups is 1. The molecule has 0 spiro atoms. The Morgan fingerprint density at radius 3 is 2.71 bits per heavy atom. The molecule has 0 aromatic heterocycles. The molecule has 0 unspecified atom stereocenters. The fourth-order valence-electron chi connectivity index (χ4n) is 2.44. The molecule has 0 aliphatic carbocycles. The molecule has 0 atom stereocenters. The molecule has 0 bridgehead atoms. The first-order valence-corrected chi connectivity index (χ1v) is 7.32. The van der Waals surface area contributed by atoms with Crippen LogP contribution in [0, 0.1) is 10.1 Å². The van der Waals surface area contributed by atoms with E-state index in [1.54, 1.807) is 25.1 Å². The molecule has 0 saturated carbocycles. The Kier molecular flexibility index (Phi) is 4.11. The van der Waals surface area contributed by atoms with E-state index in [0.29, 0.717) is 17.0 Å². The van der Waals surface area contributed by atoms with Gasteiger partial charge >= 0.3 is 0 Å². The van der Waals surface area contributed by atoms with Crippen LogP contribution in [-0.4, -0.2) is 15.7 Å². The summed E-state index contributed by atoms with van der Waals surface area (Å²) in [6.45, 7) is 1.76. The summed E-state index contributed by atoms with van der Waals surface area (Å²) in [6, 6.07) is 17.3. The minimum absolute atomic E-state index is 0.0126. The number of phenolic OH excluding ortho intramolecular Hbond substituents is 1. The van der Waals surface area contributed by atoms with Crippen LogP contribution in [0.4, 0.5) is 11.4 Å². The molecule has 6 heteroatoms. The van der Waals surface area contributed by atoms with E-state index in [0.717, 1.165) is 10.8 Å². The molecular weight excluding hydrogens is 306 g/mol. The van der Waals surface area contributed by atoms with Gasteiger partial charge in [-0.25, -0.2) is 0 Å². The van der Waals surface area contributed by atoms with E-state index in [9.17, 15) is 15.2 Å². The third kappa shape index (κ3) is 3.03. The second kappa shape index (κ2) is 6.37. The molecule has 0 fully saturated rings. The number of fused-ring (bicyclic) bond motifs is 1. The van der Waals surface area contributed by atoms with Crippen LogP contribution in [0.25, 0.3) is 10.8 Å². The standard InChI is InChI=1S/C18H15N3O3/c1-12(19-20-14-6-4-7-15(11-14)21(23)24)16-10-9-13-5-2-3-8-17(13)18(16)22/h2-11,20,22H,1H3/b19-12+. The molecular formula is C18H15N3O3. The Bertz CT molecular complexity index is 951. The van der Waals surface area contributed by atoms with Crippen LogP contribution in [0.5, 0.6) is 5.75 Å². The Hall–Kier alpha value is -3.41. The van der Waals surface area contributed by atoms with Crippen LogP contribution < -0.4 is 5.43 Å². The lowest BCUT2D eigenvalue weighted by molar-refractivity contribution is -0.384. The third-order valence-electron chi connectivity index (χ3n) is 3.70. The highest BCUT2D eigenvalue weighted by Gasteiger charge is 2.09. The van der Waals surface area contributed by atoms with Crippen LogP contribution in [0.15, 0.2) is 65.8 Å². The van der Waals surface area contributed by atoms with Gasteiger partial charge in [-0.3, -0.25) is 15.5 Å². The van der Waals surface area contributed by atoms with E-state index in [1.165, 1.54) is 12.1 Å². The van der Waals surface area contributed by atoms with Gasteiger partial charge in [0.25, 0.3) is 5.69 Å². The van der Waals surface area contributed by atoms with Crippen molar-refractivity contribution in [3.63, 3.8) is 0 Å². The van der Waals surface area contributed by atoms with Crippen LogP contribution in [0.1, 0.15) is 12.5 Å². The summed E-state index contributed by atoms with van der Waals surface area (Å²) < 4.78 is 0. The van der Waals surface area contributed by atoms with Crippen molar-refractivity contribution < 1.29 is 10.0 Å². The summed E-state index contributed by atoms with van der Waals surface area (Å²) in [5.74, 6) is 0.162. The summed E-state index contributed by atoms with van der Waals surface area (Å²) in [4.78, 5) is 10.3. The van der Waals surface area contributed by atoms with Crippen molar-refractivity contribution in [1.82, 2.24) is 0 Å². The van der Waals surface area contributed by atoms with Gasteiger partial charge in [0.05, 0.1) is 16.3 Å². The first kappa shape index (κ1) is 15.5. The largest absolute Gasteiger partial charge is 0.507 e. The molecule has 0 radical (unpaired) electrons. The summed E-state index contributed by atoms with van der Waals surface area (Å²) >= 11 is 0. The van der Waals surface area contributed by atoms with E-state index in [2.05, 4.69) is 10.5 Å². The number of non-ortho nitro benzene ring substituents is 1. The van der Waals surface area contributed by atoms with Gasteiger partial charge in [0.15, 0.2) is 0 Å². The van der Waals surface area contributed by atoms with Gasteiger partial charge in [0.2, 0.25) is 0 Å². The number of rotatable bonds is 4. The minimum atomic E-state index is -0.461. The maximum Gasteiger partial charge on any atom is 0.271 e. The Balaban J connectivity index is 1.90. The quantitative estimate of drug-likeness (QED) is 0.426. The van der Waals surface area contributed by atoms with Crippen LogP contribution >= 0.6 is 0 Å². The topological polar surface area (TPSA) is 87.8 Å². The van der Waals surface area contributed by atoms with Crippen LogP contribution in [0.3, 0.4) is 0 Å². The lowest BCUT2D eigenvalue weighted by Crippen LogP contribution is -2.01. The zero-order valence-electron chi connectivity index (χ0n) is 12.9. The molecule has 120 valence electrons. The molecule has 0 heterocycles. The molecule has 0 aliphatic rings. The van der Waals surface area contributed by atoms with E-state index in [1.807, 2.05) is 30.3 Å². The van der Waals surface area contributed by atoms with Gasteiger partial charge in [-0.05, 0) is 24.4 Å². The number of hydrogen-bond donors (Lipinski definition) is 2. The van der Waals surface area contributed by atoms with Crippen molar-refractivity contribution >= 4 is 27.9 Å². The fraction of sp³-hybridized carbons (Fsp3) is 0.0556. The average molecular weight is 321 g/mol. The van der Waals surface area contributed by atoms with Crippen LogP contribution in [0.2, 0.25) is 0 Å². The molecule has 3 aromatic carbocycles. The van der Waals surface area contributed by atoms with Crippen molar-refractivity contribution in [2.75, 3.05) is 5.43 Å². The second-order valence-electron chi connectivity index (χ2n) is 5.30. The molecule has 3 aromatic rings. The normalized spacial score (nSPS) is 11.5. The van der Waals surface area contributed by atoms with E-state index < -0.39 is 4.92 Å². The van der Waals surface area contributed by atoms with Crippen molar-refractivity contribution in [3.8, 4) is 5.75 Å². The number of nitrogens with zero attached hydrogens (tertiary/aromatic N) is 2. The van der Waals surface area contributed by atoms with E-state index in [-0.39, 0.29) is 11.4 Å². The number of hydrogen-bond acceptors (Lipinski definition) is 5. The number of nitrogens with one attached hydrogen (secondary N) is 1. The number of phenols is 1.